The molecule has 4 rings (SSSR count). The number of benzene rings is 3. The van der Waals surface area contributed by atoms with Crippen LogP contribution in [0, 0.1) is 11.3 Å². The number of hydrogen-bond donors (Lipinski definition) is 0. The van der Waals surface area contributed by atoms with Gasteiger partial charge in [-0.15, -0.1) is 0 Å². The van der Waals surface area contributed by atoms with E-state index in [1.165, 1.54) is 14.2 Å². The van der Waals surface area contributed by atoms with Gasteiger partial charge in [0.15, 0.2) is 11.5 Å². The van der Waals surface area contributed by atoms with Crippen molar-refractivity contribution in [3.63, 3.8) is 0 Å². The number of esters is 1. The van der Waals surface area contributed by atoms with Crippen LogP contribution in [-0.2, 0) is 4.79 Å². The summed E-state index contributed by atoms with van der Waals surface area (Å²) < 4.78 is 15.9. The van der Waals surface area contributed by atoms with Crippen molar-refractivity contribution in [3.05, 3.63) is 89.0 Å². The largest absolute Gasteiger partial charge is 0.493 e. The Morgan fingerprint density at radius 2 is 1.60 bits per heavy atom. The quantitative estimate of drug-likeness (QED) is 0.170. The van der Waals surface area contributed by atoms with Crippen LogP contribution in [0.2, 0.25) is 0 Å². The Labute approximate surface area is 201 Å². The lowest BCUT2D eigenvalue weighted by molar-refractivity contribution is -0.134. The number of allylic oxidation sites excluding steroid dienone is 1. The van der Waals surface area contributed by atoms with Crippen LogP contribution in [0.1, 0.15) is 31.8 Å². The van der Waals surface area contributed by atoms with Gasteiger partial charge in [0.2, 0.25) is 0 Å². The molecule has 0 unspecified atom stereocenters. The molecule has 2 amide bonds. The van der Waals surface area contributed by atoms with Gasteiger partial charge in [-0.2, -0.15) is 5.26 Å². The SMILES string of the molecule is COc1ccc(/C(C#N)=C\c2cccc(OC(=O)CN3C(=O)c4ccccc4C3=O)c2)cc1OC. The first-order valence-electron chi connectivity index (χ1n) is 10.6. The maximum absolute atomic E-state index is 12.5. The predicted molar refractivity (Wildman–Crippen MR) is 127 cm³/mol. The van der Waals surface area contributed by atoms with Gasteiger partial charge in [0, 0.05) is 0 Å². The van der Waals surface area contributed by atoms with Crippen LogP contribution in [0.5, 0.6) is 17.2 Å². The van der Waals surface area contributed by atoms with Crippen molar-refractivity contribution in [1.29, 1.82) is 5.26 Å². The van der Waals surface area contributed by atoms with E-state index in [0.29, 0.717) is 28.2 Å². The minimum absolute atomic E-state index is 0.213. The van der Waals surface area contributed by atoms with Crippen LogP contribution in [0.3, 0.4) is 0 Å². The first-order chi connectivity index (χ1) is 16.9. The van der Waals surface area contributed by atoms with Crippen molar-refractivity contribution in [2.45, 2.75) is 0 Å². The van der Waals surface area contributed by atoms with Crippen molar-refractivity contribution in [2.75, 3.05) is 20.8 Å². The molecule has 1 aliphatic heterocycles. The summed E-state index contributed by atoms with van der Waals surface area (Å²) in [4.78, 5) is 38.3. The van der Waals surface area contributed by atoms with E-state index < -0.39 is 24.3 Å². The number of hydrogen-bond acceptors (Lipinski definition) is 7. The third-order valence-electron chi connectivity index (χ3n) is 5.38. The van der Waals surface area contributed by atoms with Crippen molar-refractivity contribution < 1.29 is 28.6 Å². The van der Waals surface area contributed by atoms with Crippen LogP contribution in [-0.4, -0.2) is 43.4 Å². The van der Waals surface area contributed by atoms with E-state index in [1.54, 1.807) is 72.8 Å². The van der Waals surface area contributed by atoms with Crippen LogP contribution in [0.15, 0.2) is 66.7 Å². The Hall–Kier alpha value is -4.90. The van der Waals surface area contributed by atoms with Crippen LogP contribution in [0.25, 0.3) is 11.6 Å². The van der Waals surface area contributed by atoms with Crippen molar-refractivity contribution in [1.82, 2.24) is 4.90 Å². The highest BCUT2D eigenvalue weighted by molar-refractivity contribution is 6.22. The van der Waals surface area contributed by atoms with Crippen LogP contribution in [0.4, 0.5) is 0 Å². The van der Waals surface area contributed by atoms with Crippen LogP contribution < -0.4 is 14.2 Å². The molecule has 3 aromatic carbocycles. The zero-order valence-electron chi connectivity index (χ0n) is 19.0. The third kappa shape index (κ3) is 4.75. The first kappa shape index (κ1) is 23.3. The molecule has 3 aromatic rings. The number of nitrogens with zero attached hydrogens (tertiary/aromatic N) is 2. The summed E-state index contributed by atoms with van der Waals surface area (Å²) in [5.74, 6) is -0.589. The summed E-state index contributed by atoms with van der Waals surface area (Å²) in [5, 5.41) is 9.68. The molecular formula is C27H20N2O6. The number of fused-ring (bicyclic) bond motifs is 1. The lowest BCUT2D eigenvalue weighted by Gasteiger charge is -2.13. The van der Waals surface area contributed by atoms with Gasteiger partial charge in [0.1, 0.15) is 12.3 Å². The van der Waals surface area contributed by atoms with Crippen molar-refractivity contribution in [3.8, 4) is 23.3 Å². The lowest BCUT2D eigenvalue weighted by atomic mass is 10.0. The van der Waals surface area contributed by atoms with Gasteiger partial charge in [-0.3, -0.25) is 14.5 Å². The van der Waals surface area contributed by atoms with Crippen LogP contribution >= 0.6 is 0 Å². The molecule has 0 bridgehead atoms. The molecule has 0 saturated heterocycles. The fourth-order valence-corrected chi connectivity index (χ4v) is 3.69. The Bertz CT molecular complexity index is 1370. The molecule has 1 heterocycles. The second kappa shape index (κ2) is 9.93. The smallest absolute Gasteiger partial charge is 0.331 e. The van der Waals surface area contributed by atoms with Gasteiger partial charge in [-0.1, -0.05) is 24.3 Å². The molecular weight excluding hydrogens is 448 g/mol. The number of carbonyl (C=O) groups excluding carboxylic acids is 3. The summed E-state index contributed by atoms with van der Waals surface area (Å²) >= 11 is 0. The highest BCUT2D eigenvalue weighted by Gasteiger charge is 2.36. The number of carbonyl (C=O) groups is 3. The molecule has 0 aromatic heterocycles. The molecule has 35 heavy (non-hydrogen) atoms. The summed E-state index contributed by atoms with van der Waals surface area (Å²) in [5.41, 5.74) is 2.12. The van der Waals surface area contributed by atoms with Gasteiger partial charge in [-0.25, -0.2) is 4.79 Å². The maximum Gasteiger partial charge on any atom is 0.331 e. The highest BCUT2D eigenvalue weighted by Crippen LogP contribution is 2.31. The molecule has 8 heteroatoms. The van der Waals surface area contributed by atoms with Crippen molar-refractivity contribution in [2.24, 2.45) is 0 Å². The maximum atomic E-state index is 12.5. The Kier molecular flexibility index (Phi) is 6.60. The zero-order valence-corrected chi connectivity index (χ0v) is 19.0. The van der Waals surface area contributed by atoms with E-state index in [9.17, 15) is 19.6 Å². The molecule has 8 nitrogen and oxygen atoms in total. The number of nitriles is 1. The number of imide groups is 1. The monoisotopic (exact) mass is 468 g/mol. The van der Waals surface area contributed by atoms with E-state index in [0.717, 1.165) is 4.90 Å². The molecule has 0 atom stereocenters. The molecule has 0 N–H and O–H groups in total. The zero-order chi connectivity index (χ0) is 24.9. The van der Waals surface area contributed by atoms with Gasteiger partial charge in [0.25, 0.3) is 11.8 Å². The third-order valence-corrected chi connectivity index (χ3v) is 5.38. The predicted octanol–water partition coefficient (Wildman–Crippen LogP) is 3.97. The minimum Gasteiger partial charge on any atom is -0.493 e. The molecule has 0 spiro atoms. The van der Waals surface area contributed by atoms with E-state index in [4.69, 9.17) is 14.2 Å². The fraction of sp³-hybridized carbons (Fsp3) is 0.111. The topological polar surface area (TPSA) is 106 Å². The number of ether oxygens (including phenoxy) is 3. The summed E-state index contributed by atoms with van der Waals surface area (Å²) in [6, 6.07) is 20.3. The highest BCUT2D eigenvalue weighted by atomic mass is 16.5. The first-order valence-corrected chi connectivity index (χ1v) is 10.6. The molecule has 1 aliphatic rings. The average molecular weight is 468 g/mol. The molecule has 174 valence electrons. The Morgan fingerprint density at radius 1 is 0.914 bits per heavy atom. The Morgan fingerprint density at radius 3 is 2.23 bits per heavy atom. The number of methoxy groups -OCH3 is 2. The van der Waals surface area contributed by atoms with Gasteiger partial charge in [0.05, 0.1) is 37.0 Å². The fourth-order valence-electron chi connectivity index (χ4n) is 3.69. The second-order valence-electron chi connectivity index (χ2n) is 7.53. The summed E-state index contributed by atoms with van der Waals surface area (Å²) in [7, 11) is 3.04. The van der Waals surface area contributed by atoms with Gasteiger partial charge in [-0.05, 0) is 59.7 Å². The number of rotatable bonds is 7. The van der Waals surface area contributed by atoms with E-state index in [1.807, 2.05) is 0 Å². The van der Waals surface area contributed by atoms with Gasteiger partial charge < -0.3 is 14.2 Å². The van der Waals surface area contributed by atoms with Crippen molar-refractivity contribution >= 4 is 29.4 Å². The second-order valence-corrected chi connectivity index (χ2v) is 7.53. The van der Waals surface area contributed by atoms with E-state index in [-0.39, 0.29) is 16.9 Å². The van der Waals surface area contributed by atoms with Gasteiger partial charge >= 0.3 is 5.97 Å². The molecule has 0 radical (unpaired) electrons. The molecule has 0 fully saturated rings. The normalized spacial score (nSPS) is 12.7. The van der Waals surface area contributed by atoms with E-state index in [2.05, 4.69) is 6.07 Å². The lowest BCUT2D eigenvalue weighted by Crippen LogP contribution is -2.36. The standard InChI is InChI=1S/C27H20N2O6/c1-33-23-11-10-18(14-24(23)34-2)19(15-28)12-17-6-5-7-20(13-17)35-25(30)16-29-26(31)21-8-3-4-9-22(21)27(29)32/h3-14H,16H2,1-2H3/b19-12-. The number of amides is 2. The summed E-state index contributed by atoms with van der Waals surface area (Å²) in [6.45, 7) is -0.512. The average Bonchev–Trinajstić information content (AvgIpc) is 3.12. The molecule has 0 saturated carbocycles. The minimum atomic E-state index is -0.763. The summed E-state index contributed by atoms with van der Waals surface area (Å²) in [6.07, 6.45) is 1.64. The van der Waals surface area contributed by atoms with E-state index >= 15 is 0 Å². The molecule has 0 aliphatic carbocycles. The Balaban J connectivity index is 1.50.